The third-order valence-electron chi connectivity index (χ3n) is 12.2. The first-order valence-corrected chi connectivity index (χ1v) is 21.7. The molecule has 0 aliphatic rings. The molecule has 2 heterocycles. The van der Waals surface area contributed by atoms with Gasteiger partial charge in [-0.2, -0.15) is 0 Å². The Balaban J connectivity index is 1.04. The van der Waals surface area contributed by atoms with Gasteiger partial charge in [0.25, 0.3) is 0 Å². The molecule has 61 heavy (non-hydrogen) atoms. The van der Waals surface area contributed by atoms with Crippen LogP contribution >= 0.6 is 11.3 Å². The van der Waals surface area contributed by atoms with E-state index in [1.165, 1.54) is 86.1 Å². The first-order valence-electron chi connectivity index (χ1n) is 20.8. The van der Waals surface area contributed by atoms with Crippen LogP contribution in [0.5, 0.6) is 0 Å². The van der Waals surface area contributed by atoms with Gasteiger partial charge in [0.05, 0.1) is 21.4 Å². The molecule has 2 nitrogen and oxygen atoms in total. The molecule has 3 heteroatoms. The Kier molecular flexibility index (Phi) is 8.39. The van der Waals surface area contributed by atoms with Gasteiger partial charge in [-0.3, -0.25) is 0 Å². The number of anilines is 3. The highest BCUT2D eigenvalue weighted by atomic mass is 32.1. The molecule has 0 fully saturated rings. The molecule has 12 aromatic rings. The molecule has 2 aromatic heterocycles. The minimum atomic E-state index is 1.10. The molecular formula is C58H38N2S. The smallest absolute Gasteiger partial charge is 0.0640 e. The van der Waals surface area contributed by atoms with Crippen LogP contribution in [-0.2, 0) is 0 Å². The fraction of sp³-hybridized carbons (Fsp3) is 0. The predicted molar refractivity (Wildman–Crippen MR) is 262 cm³/mol. The molecule has 0 N–H and O–H groups in total. The van der Waals surface area contributed by atoms with Gasteiger partial charge in [0, 0.05) is 43.3 Å². The second kappa shape index (κ2) is 14.5. The number of thiophene rings is 1. The summed E-state index contributed by atoms with van der Waals surface area (Å²) in [6, 6.07) is 84.0. The van der Waals surface area contributed by atoms with E-state index in [-0.39, 0.29) is 0 Å². The Labute approximate surface area is 358 Å². The van der Waals surface area contributed by atoms with Gasteiger partial charge in [-0.15, -0.1) is 11.3 Å². The van der Waals surface area contributed by atoms with Crippen LogP contribution in [-0.4, -0.2) is 4.57 Å². The van der Waals surface area contributed by atoms with Gasteiger partial charge < -0.3 is 9.47 Å². The normalized spacial score (nSPS) is 11.6. The van der Waals surface area contributed by atoms with Crippen LogP contribution in [0.3, 0.4) is 0 Å². The Bertz CT molecular complexity index is 3510. The Morgan fingerprint density at radius 2 is 0.787 bits per heavy atom. The highest BCUT2D eigenvalue weighted by molar-refractivity contribution is 7.27. The first kappa shape index (κ1) is 35.2. The monoisotopic (exact) mass is 794 g/mol. The van der Waals surface area contributed by atoms with Crippen LogP contribution in [0.2, 0.25) is 0 Å². The highest BCUT2D eigenvalue weighted by Gasteiger charge is 2.21. The van der Waals surface area contributed by atoms with Gasteiger partial charge in [-0.1, -0.05) is 176 Å². The van der Waals surface area contributed by atoms with Gasteiger partial charge in [-0.25, -0.2) is 0 Å². The van der Waals surface area contributed by atoms with Crippen molar-refractivity contribution in [3.05, 3.63) is 231 Å². The van der Waals surface area contributed by atoms with Gasteiger partial charge in [0.15, 0.2) is 0 Å². The molecule has 0 saturated carbocycles. The summed E-state index contributed by atoms with van der Waals surface area (Å²) in [7, 11) is 0. The summed E-state index contributed by atoms with van der Waals surface area (Å²) in [5.74, 6) is 0. The van der Waals surface area contributed by atoms with Crippen LogP contribution in [0.25, 0.3) is 91.8 Å². The number of fused-ring (bicyclic) bond motifs is 7. The molecule has 0 saturated heterocycles. The Hall–Kier alpha value is -7.72. The van der Waals surface area contributed by atoms with Gasteiger partial charge in [0.2, 0.25) is 0 Å². The van der Waals surface area contributed by atoms with Gasteiger partial charge in [-0.05, 0) is 98.8 Å². The van der Waals surface area contributed by atoms with Crippen molar-refractivity contribution in [2.45, 2.75) is 0 Å². The summed E-state index contributed by atoms with van der Waals surface area (Å²) in [5, 5.41) is 7.58. The quantitative estimate of drug-likeness (QED) is 0.156. The Morgan fingerprint density at radius 1 is 0.328 bits per heavy atom. The van der Waals surface area contributed by atoms with Crippen molar-refractivity contribution in [2.24, 2.45) is 0 Å². The van der Waals surface area contributed by atoms with E-state index in [1.807, 2.05) is 11.3 Å². The number of para-hydroxylation sites is 2. The van der Waals surface area contributed by atoms with Crippen LogP contribution in [0, 0.1) is 0 Å². The van der Waals surface area contributed by atoms with Crippen molar-refractivity contribution >= 4 is 81.1 Å². The molecule has 10 aromatic carbocycles. The lowest BCUT2D eigenvalue weighted by atomic mass is 9.91. The van der Waals surface area contributed by atoms with Crippen LogP contribution in [0.15, 0.2) is 231 Å². The van der Waals surface area contributed by atoms with Crippen LogP contribution in [0.1, 0.15) is 0 Å². The molecule has 286 valence electrons. The fourth-order valence-electron chi connectivity index (χ4n) is 9.44. The van der Waals surface area contributed by atoms with E-state index in [2.05, 4.69) is 240 Å². The summed E-state index contributed by atoms with van der Waals surface area (Å²) in [6.45, 7) is 0. The van der Waals surface area contributed by atoms with E-state index in [4.69, 9.17) is 0 Å². The zero-order valence-corrected chi connectivity index (χ0v) is 34.1. The van der Waals surface area contributed by atoms with E-state index in [0.717, 1.165) is 22.7 Å². The van der Waals surface area contributed by atoms with Crippen LogP contribution < -0.4 is 4.90 Å². The molecule has 0 spiro atoms. The van der Waals surface area contributed by atoms with Gasteiger partial charge in [0.1, 0.15) is 0 Å². The third kappa shape index (κ3) is 5.85. The molecule has 0 aliphatic carbocycles. The lowest BCUT2D eigenvalue weighted by Gasteiger charge is -2.26. The average molecular weight is 795 g/mol. The van der Waals surface area contributed by atoms with Crippen molar-refractivity contribution < 1.29 is 0 Å². The molecule has 12 rings (SSSR count). The number of nitrogens with zero attached hydrogens (tertiary/aromatic N) is 2. The Morgan fingerprint density at radius 3 is 1.41 bits per heavy atom. The second-order valence-electron chi connectivity index (χ2n) is 15.6. The number of hydrogen-bond donors (Lipinski definition) is 0. The van der Waals surface area contributed by atoms with Crippen molar-refractivity contribution in [1.29, 1.82) is 0 Å². The molecular weight excluding hydrogens is 757 g/mol. The van der Waals surface area contributed by atoms with E-state index in [0.29, 0.717) is 0 Å². The van der Waals surface area contributed by atoms with Crippen molar-refractivity contribution in [3.63, 3.8) is 0 Å². The average Bonchev–Trinajstić information content (AvgIpc) is 3.89. The highest BCUT2D eigenvalue weighted by Crippen LogP contribution is 2.48. The fourth-order valence-corrected chi connectivity index (χ4v) is 10.8. The van der Waals surface area contributed by atoms with E-state index < -0.39 is 0 Å². The van der Waals surface area contributed by atoms with E-state index >= 15 is 0 Å². The molecule has 0 aliphatic heterocycles. The second-order valence-corrected chi connectivity index (χ2v) is 16.7. The lowest BCUT2D eigenvalue weighted by molar-refractivity contribution is 1.17. The van der Waals surface area contributed by atoms with Crippen molar-refractivity contribution in [2.75, 3.05) is 4.90 Å². The summed E-state index contributed by atoms with van der Waals surface area (Å²) in [5.41, 5.74) is 14.3. The lowest BCUT2D eigenvalue weighted by Crippen LogP contribution is -2.10. The summed E-state index contributed by atoms with van der Waals surface area (Å²) in [4.78, 5) is 2.44. The summed E-state index contributed by atoms with van der Waals surface area (Å²) in [6.07, 6.45) is 0. The number of hydrogen-bond acceptors (Lipinski definition) is 2. The molecule has 0 atom stereocenters. The zero-order chi connectivity index (χ0) is 40.3. The number of rotatable bonds is 7. The van der Waals surface area contributed by atoms with Gasteiger partial charge >= 0.3 is 0 Å². The van der Waals surface area contributed by atoms with Crippen molar-refractivity contribution in [3.8, 4) is 39.1 Å². The molecule has 0 unspecified atom stereocenters. The largest absolute Gasteiger partial charge is 0.309 e. The number of benzene rings is 10. The van der Waals surface area contributed by atoms with E-state index in [9.17, 15) is 0 Å². The maximum Gasteiger partial charge on any atom is 0.0640 e. The number of aromatic nitrogens is 1. The van der Waals surface area contributed by atoms with Crippen molar-refractivity contribution in [1.82, 2.24) is 4.57 Å². The minimum Gasteiger partial charge on any atom is -0.309 e. The summed E-state index contributed by atoms with van der Waals surface area (Å²) >= 11 is 1.89. The first-order chi connectivity index (χ1) is 30.3. The zero-order valence-electron chi connectivity index (χ0n) is 33.2. The maximum absolute atomic E-state index is 2.44. The maximum atomic E-state index is 2.44. The minimum absolute atomic E-state index is 1.10. The van der Waals surface area contributed by atoms with E-state index in [1.54, 1.807) is 0 Å². The molecule has 0 radical (unpaired) electrons. The standard InChI is InChI=1S/C58H38N2S/c1-3-15-39(16-4-1)46-23-11-19-42-20-12-24-47(56(42)46)41-31-33-43(34-32-41)59(44-35-37-45(38-36-44)60-53-28-9-7-21-49(53)50-22-8-10-29-54(50)60)55-30-14-27-52-51-26-13-25-48(57(51)61-58(52)55)40-17-5-2-6-18-40/h1-38H. The predicted octanol–water partition coefficient (Wildman–Crippen LogP) is 16.8. The SMILES string of the molecule is c1ccc(-c2cccc3c2sc2c(N(c4ccc(-c5cccc6cccc(-c7ccccc7)c56)cc4)c4ccc(-n5c6ccccc6c6ccccc65)cc4)cccc23)cc1. The topological polar surface area (TPSA) is 8.17 Å². The molecule has 0 amide bonds. The third-order valence-corrected chi connectivity index (χ3v) is 13.5. The molecule has 0 bridgehead atoms. The summed E-state index contributed by atoms with van der Waals surface area (Å²) < 4.78 is 4.95. The van der Waals surface area contributed by atoms with Crippen LogP contribution in [0.4, 0.5) is 17.1 Å².